The second kappa shape index (κ2) is 4.76. The Hall–Kier alpha value is -1.20. The largest absolute Gasteiger partial charge is 0.389 e. The number of hydrogen-bond acceptors (Lipinski definition) is 4. The van der Waals surface area contributed by atoms with Crippen LogP contribution in [0.5, 0.6) is 0 Å². The fourth-order valence-corrected chi connectivity index (χ4v) is 1.97. The molecule has 86 valence electrons. The van der Waals surface area contributed by atoms with Crippen LogP contribution in [-0.4, -0.2) is 36.3 Å². The minimum Gasteiger partial charge on any atom is -0.389 e. The topological polar surface area (TPSA) is 51.4 Å². The van der Waals surface area contributed by atoms with Crippen molar-refractivity contribution in [2.75, 3.05) is 25.1 Å². The Balaban J connectivity index is 2.08. The van der Waals surface area contributed by atoms with Crippen molar-refractivity contribution in [3.8, 4) is 0 Å². The van der Waals surface area contributed by atoms with Crippen LogP contribution in [0.25, 0.3) is 0 Å². The third-order valence-corrected chi connectivity index (χ3v) is 3.07. The molecule has 1 atom stereocenters. The van der Waals surface area contributed by atoms with Crippen LogP contribution in [0.15, 0.2) is 18.3 Å². The van der Waals surface area contributed by atoms with Gasteiger partial charge in [0.25, 0.3) is 0 Å². The van der Waals surface area contributed by atoms with Crippen molar-refractivity contribution >= 4 is 23.0 Å². The molecule has 2 rings (SSSR count). The van der Waals surface area contributed by atoms with Crippen molar-refractivity contribution < 1.29 is 4.74 Å². The smallest absolute Gasteiger partial charge is 0.128 e. The molecule has 1 saturated heterocycles. The molecule has 2 heterocycles. The molecule has 1 aromatic heterocycles. The van der Waals surface area contributed by atoms with E-state index < -0.39 is 0 Å². The van der Waals surface area contributed by atoms with Crippen molar-refractivity contribution in [1.82, 2.24) is 4.98 Å². The molecular weight excluding hydrogens is 222 g/mol. The van der Waals surface area contributed by atoms with Crippen LogP contribution >= 0.6 is 12.2 Å². The van der Waals surface area contributed by atoms with Crippen LogP contribution in [0.2, 0.25) is 0 Å². The third-order valence-electron chi connectivity index (χ3n) is 2.83. The minimum absolute atomic E-state index is 0.317. The Morgan fingerprint density at radius 1 is 1.62 bits per heavy atom. The molecule has 0 aliphatic carbocycles. The van der Waals surface area contributed by atoms with E-state index in [-0.39, 0.29) is 0 Å². The summed E-state index contributed by atoms with van der Waals surface area (Å²) in [6, 6.07) is 3.86. The molecule has 1 aromatic rings. The predicted octanol–water partition coefficient (Wildman–Crippen LogP) is 0.941. The molecule has 16 heavy (non-hydrogen) atoms. The van der Waals surface area contributed by atoms with Gasteiger partial charge in [0, 0.05) is 32.0 Å². The molecule has 0 radical (unpaired) electrons. The molecule has 0 bridgehead atoms. The Kier molecular flexibility index (Phi) is 3.36. The van der Waals surface area contributed by atoms with Gasteiger partial charge in [-0.1, -0.05) is 12.2 Å². The van der Waals surface area contributed by atoms with Crippen molar-refractivity contribution in [2.24, 2.45) is 5.73 Å². The van der Waals surface area contributed by atoms with Gasteiger partial charge in [-0.15, -0.1) is 0 Å². The van der Waals surface area contributed by atoms with Crippen LogP contribution in [0.1, 0.15) is 12.0 Å². The zero-order valence-electron chi connectivity index (χ0n) is 9.22. The van der Waals surface area contributed by atoms with Crippen LogP contribution in [0.3, 0.4) is 0 Å². The Morgan fingerprint density at radius 3 is 2.94 bits per heavy atom. The van der Waals surface area contributed by atoms with E-state index in [4.69, 9.17) is 22.7 Å². The average molecular weight is 237 g/mol. The van der Waals surface area contributed by atoms with Crippen molar-refractivity contribution in [3.63, 3.8) is 0 Å². The first-order valence-corrected chi connectivity index (χ1v) is 5.65. The fraction of sp³-hybridized carbons (Fsp3) is 0.455. The maximum Gasteiger partial charge on any atom is 0.128 e. The minimum atomic E-state index is 0.317. The first-order valence-electron chi connectivity index (χ1n) is 5.24. The summed E-state index contributed by atoms with van der Waals surface area (Å²) in [7, 11) is 1.75. The predicted molar refractivity (Wildman–Crippen MR) is 67.8 cm³/mol. The number of rotatable bonds is 3. The summed E-state index contributed by atoms with van der Waals surface area (Å²) in [6.07, 6.45) is 3.09. The van der Waals surface area contributed by atoms with Crippen LogP contribution < -0.4 is 10.6 Å². The second-order valence-electron chi connectivity index (χ2n) is 3.86. The lowest BCUT2D eigenvalue weighted by Crippen LogP contribution is -2.23. The number of ether oxygens (including phenoxy) is 1. The molecule has 1 aliphatic rings. The molecule has 1 unspecified atom stereocenters. The normalized spacial score (nSPS) is 20.1. The molecule has 5 heteroatoms. The van der Waals surface area contributed by atoms with Crippen LogP contribution in [0.4, 0.5) is 5.82 Å². The number of pyridine rings is 1. The van der Waals surface area contributed by atoms with E-state index in [1.165, 1.54) is 0 Å². The number of aromatic nitrogens is 1. The van der Waals surface area contributed by atoms with E-state index >= 15 is 0 Å². The monoisotopic (exact) mass is 237 g/mol. The maximum absolute atomic E-state index is 5.52. The Bertz CT molecular complexity index is 379. The highest BCUT2D eigenvalue weighted by atomic mass is 32.1. The van der Waals surface area contributed by atoms with Gasteiger partial charge in [-0.2, -0.15) is 0 Å². The third kappa shape index (κ3) is 2.31. The summed E-state index contributed by atoms with van der Waals surface area (Å²) in [6.45, 7) is 1.88. The molecule has 2 N–H and O–H groups in total. The van der Waals surface area contributed by atoms with Gasteiger partial charge < -0.3 is 15.4 Å². The number of nitrogens with two attached hydrogens (primary N) is 1. The van der Waals surface area contributed by atoms with Gasteiger partial charge >= 0.3 is 0 Å². The summed E-state index contributed by atoms with van der Waals surface area (Å²) in [4.78, 5) is 6.94. The van der Waals surface area contributed by atoms with Crippen molar-refractivity contribution in [2.45, 2.75) is 12.5 Å². The number of anilines is 1. The van der Waals surface area contributed by atoms with Gasteiger partial charge in [-0.3, -0.25) is 0 Å². The maximum atomic E-state index is 5.52. The quantitative estimate of drug-likeness (QED) is 0.793. The standard InChI is InChI=1S/C11H15N3OS/c1-15-9-4-5-14(7-9)10-3-2-8(6-13-10)11(12)16/h2-3,6,9H,4-5,7H2,1H3,(H2,12,16). The number of hydrogen-bond donors (Lipinski definition) is 1. The molecule has 0 amide bonds. The first-order chi connectivity index (χ1) is 7.70. The molecule has 1 aliphatic heterocycles. The molecule has 4 nitrogen and oxygen atoms in total. The lowest BCUT2D eigenvalue weighted by molar-refractivity contribution is 0.121. The zero-order chi connectivity index (χ0) is 11.5. The summed E-state index contributed by atoms with van der Waals surface area (Å²) < 4.78 is 5.31. The number of thiocarbonyl (C=S) groups is 1. The summed E-state index contributed by atoms with van der Waals surface area (Å²) in [5, 5.41) is 0. The summed E-state index contributed by atoms with van der Waals surface area (Å²) in [5.74, 6) is 0.958. The zero-order valence-corrected chi connectivity index (χ0v) is 10.0. The van der Waals surface area contributed by atoms with E-state index in [0.29, 0.717) is 11.1 Å². The highest BCUT2D eigenvalue weighted by Gasteiger charge is 2.22. The van der Waals surface area contributed by atoms with E-state index in [1.807, 2.05) is 12.1 Å². The first kappa shape index (κ1) is 11.3. The van der Waals surface area contributed by atoms with Crippen molar-refractivity contribution in [1.29, 1.82) is 0 Å². The molecule has 0 saturated carbocycles. The van der Waals surface area contributed by atoms with Crippen LogP contribution in [0, 0.1) is 0 Å². The van der Waals surface area contributed by atoms with Gasteiger partial charge in [0.2, 0.25) is 0 Å². The SMILES string of the molecule is COC1CCN(c2ccc(C(N)=S)cn2)C1. The highest BCUT2D eigenvalue weighted by Crippen LogP contribution is 2.19. The lowest BCUT2D eigenvalue weighted by Gasteiger charge is -2.17. The molecule has 0 aromatic carbocycles. The summed E-state index contributed by atoms with van der Waals surface area (Å²) >= 11 is 4.88. The lowest BCUT2D eigenvalue weighted by atomic mass is 10.3. The second-order valence-corrected chi connectivity index (χ2v) is 4.30. The Labute approximate surface area is 100 Å². The average Bonchev–Trinajstić information content (AvgIpc) is 2.77. The van der Waals surface area contributed by atoms with E-state index in [9.17, 15) is 0 Å². The Morgan fingerprint density at radius 2 is 2.44 bits per heavy atom. The van der Waals surface area contributed by atoms with Gasteiger partial charge in [-0.25, -0.2) is 4.98 Å². The van der Waals surface area contributed by atoms with Gasteiger partial charge in [0.1, 0.15) is 10.8 Å². The van der Waals surface area contributed by atoms with Crippen LogP contribution in [-0.2, 0) is 4.74 Å². The van der Waals surface area contributed by atoms with E-state index in [2.05, 4.69) is 9.88 Å². The molecular formula is C11H15N3OS. The van der Waals surface area contributed by atoms with Gasteiger partial charge in [0.05, 0.1) is 6.10 Å². The van der Waals surface area contributed by atoms with Crippen molar-refractivity contribution in [3.05, 3.63) is 23.9 Å². The van der Waals surface area contributed by atoms with Gasteiger partial charge in [-0.05, 0) is 18.6 Å². The summed E-state index contributed by atoms with van der Waals surface area (Å²) in [5.41, 5.74) is 6.33. The molecule has 1 fully saturated rings. The highest BCUT2D eigenvalue weighted by molar-refractivity contribution is 7.80. The van der Waals surface area contributed by atoms with E-state index in [0.717, 1.165) is 30.9 Å². The van der Waals surface area contributed by atoms with Gasteiger partial charge in [0.15, 0.2) is 0 Å². The molecule has 0 spiro atoms. The number of methoxy groups -OCH3 is 1. The van der Waals surface area contributed by atoms with E-state index in [1.54, 1.807) is 13.3 Å². The fourth-order valence-electron chi connectivity index (χ4n) is 1.85. The number of nitrogens with zero attached hydrogens (tertiary/aromatic N) is 2.